The maximum Gasteiger partial charge on any atom is 0.251 e. The average molecular weight is 375 g/mol. The number of benzene rings is 1. The Morgan fingerprint density at radius 3 is 2.69 bits per heavy atom. The number of carbonyl (C=O) groups excluding carboxylic acids is 1. The summed E-state index contributed by atoms with van der Waals surface area (Å²) < 4.78 is 25.9. The lowest BCUT2D eigenvalue weighted by Gasteiger charge is -2.15. The van der Waals surface area contributed by atoms with Crippen LogP contribution in [0.2, 0.25) is 0 Å². The van der Waals surface area contributed by atoms with E-state index in [-0.39, 0.29) is 18.2 Å². The van der Waals surface area contributed by atoms with Gasteiger partial charge in [0.25, 0.3) is 5.91 Å². The Balaban J connectivity index is 1.41. The third-order valence-electron chi connectivity index (χ3n) is 5.46. The highest BCUT2D eigenvalue weighted by atomic mass is 32.2. The van der Waals surface area contributed by atoms with Gasteiger partial charge in [-0.15, -0.1) is 0 Å². The Hall–Kier alpha value is -1.86. The van der Waals surface area contributed by atoms with Crippen molar-refractivity contribution in [3.8, 4) is 0 Å². The molecule has 0 saturated carbocycles. The van der Waals surface area contributed by atoms with Crippen LogP contribution in [0.15, 0.2) is 18.2 Å². The van der Waals surface area contributed by atoms with Crippen LogP contribution in [-0.4, -0.2) is 49.0 Å². The SMILES string of the molecule is O=C(NCCS(=O)(=O)N1CCCC1)c1ccc2c3c([nH]c2c1)CCCC3. The molecule has 1 aliphatic heterocycles. The van der Waals surface area contributed by atoms with E-state index in [1.807, 2.05) is 18.2 Å². The first-order valence-electron chi connectivity index (χ1n) is 9.44. The van der Waals surface area contributed by atoms with Gasteiger partial charge in [0.05, 0.1) is 5.75 Å². The van der Waals surface area contributed by atoms with Crippen molar-refractivity contribution in [3.05, 3.63) is 35.0 Å². The number of sulfonamides is 1. The molecule has 1 aromatic carbocycles. The topological polar surface area (TPSA) is 82.3 Å². The van der Waals surface area contributed by atoms with Crippen LogP contribution in [-0.2, 0) is 22.9 Å². The molecule has 0 spiro atoms. The summed E-state index contributed by atoms with van der Waals surface area (Å²) in [7, 11) is -3.26. The van der Waals surface area contributed by atoms with Crippen molar-refractivity contribution in [2.45, 2.75) is 38.5 Å². The van der Waals surface area contributed by atoms with Crippen LogP contribution >= 0.6 is 0 Å². The smallest absolute Gasteiger partial charge is 0.251 e. The molecule has 6 nitrogen and oxygen atoms in total. The van der Waals surface area contributed by atoms with E-state index in [9.17, 15) is 13.2 Å². The Morgan fingerprint density at radius 1 is 1.12 bits per heavy atom. The molecule has 7 heteroatoms. The second-order valence-corrected chi connectivity index (χ2v) is 9.32. The number of rotatable bonds is 5. The molecule has 1 aliphatic carbocycles. The van der Waals surface area contributed by atoms with Crippen LogP contribution in [0.1, 0.15) is 47.3 Å². The monoisotopic (exact) mass is 375 g/mol. The highest BCUT2D eigenvalue weighted by Crippen LogP contribution is 2.29. The summed E-state index contributed by atoms with van der Waals surface area (Å²) in [6.07, 6.45) is 6.43. The number of carbonyl (C=O) groups is 1. The molecule has 1 fully saturated rings. The molecule has 1 amide bonds. The number of aryl methyl sites for hydroxylation is 2. The van der Waals surface area contributed by atoms with E-state index in [1.165, 1.54) is 33.8 Å². The van der Waals surface area contributed by atoms with Crippen molar-refractivity contribution in [1.29, 1.82) is 0 Å². The van der Waals surface area contributed by atoms with Crippen molar-refractivity contribution in [2.75, 3.05) is 25.4 Å². The fourth-order valence-electron chi connectivity index (χ4n) is 4.05. The zero-order chi connectivity index (χ0) is 18.1. The van der Waals surface area contributed by atoms with E-state index >= 15 is 0 Å². The molecule has 0 unspecified atom stereocenters. The zero-order valence-electron chi connectivity index (χ0n) is 14.9. The van der Waals surface area contributed by atoms with Crippen molar-refractivity contribution < 1.29 is 13.2 Å². The maximum atomic E-state index is 12.4. The molecule has 0 radical (unpaired) electrons. The van der Waals surface area contributed by atoms with Crippen LogP contribution < -0.4 is 5.32 Å². The lowest BCUT2D eigenvalue weighted by Crippen LogP contribution is -2.36. The number of amides is 1. The number of aromatic nitrogens is 1. The molecule has 140 valence electrons. The van der Waals surface area contributed by atoms with Crippen LogP contribution in [0.25, 0.3) is 10.9 Å². The first kappa shape index (κ1) is 17.5. The minimum atomic E-state index is -3.26. The summed E-state index contributed by atoms with van der Waals surface area (Å²) in [6.45, 7) is 1.34. The summed E-state index contributed by atoms with van der Waals surface area (Å²) in [5.74, 6) is -0.270. The Kier molecular flexibility index (Phi) is 4.75. The Morgan fingerprint density at radius 2 is 1.88 bits per heavy atom. The first-order valence-corrected chi connectivity index (χ1v) is 11.0. The lowest BCUT2D eigenvalue weighted by molar-refractivity contribution is 0.0956. The van der Waals surface area contributed by atoms with Gasteiger partial charge in [-0.2, -0.15) is 0 Å². The van der Waals surface area contributed by atoms with Crippen molar-refractivity contribution in [1.82, 2.24) is 14.6 Å². The van der Waals surface area contributed by atoms with Gasteiger partial charge in [-0.3, -0.25) is 4.79 Å². The van der Waals surface area contributed by atoms with Gasteiger partial charge in [-0.25, -0.2) is 12.7 Å². The normalized spacial score (nSPS) is 18.2. The predicted octanol–water partition coefficient (Wildman–Crippen LogP) is 2.20. The molecular weight excluding hydrogens is 350 g/mol. The number of nitrogens with zero attached hydrogens (tertiary/aromatic N) is 1. The Labute approximate surface area is 154 Å². The molecule has 1 aromatic heterocycles. The number of nitrogens with one attached hydrogen (secondary N) is 2. The average Bonchev–Trinajstić information content (AvgIpc) is 3.29. The molecule has 0 atom stereocenters. The number of hydrogen-bond acceptors (Lipinski definition) is 3. The largest absolute Gasteiger partial charge is 0.358 e. The van der Waals surface area contributed by atoms with E-state index in [0.29, 0.717) is 18.7 Å². The van der Waals surface area contributed by atoms with Gasteiger partial charge >= 0.3 is 0 Å². The van der Waals surface area contributed by atoms with Gasteiger partial charge in [0, 0.05) is 41.8 Å². The lowest BCUT2D eigenvalue weighted by atomic mass is 9.95. The molecule has 0 bridgehead atoms. The maximum absolute atomic E-state index is 12.4. The fourth-order valence-corrected chi connectivity index (χ4v) is 5.48. The molecule has 1 saturated heterocycles. The van der Waals surface area contributed by atoms with Crippen molar-refractivity contribution >= 4 is 26.8 Å². The van der Waals surface area contributed by atoms with E-state index in [4.69, 9.17) is 0 Å². The highest BCUT2D eigenvalue weighted by molar-refractivity contribution is 7.89. The second kappa shape index (κ2) is 7.04. The Bertz CT molecular complexity index is 927. The van der Waals surface area contributed by atoms with Crippen LogP contribution in [0.5, 0.6) is 0 Å². The zero-order valence-corrected chi connectivity index (χ0v) is 15.7. The highest BCUT2D eigenvalue weighted by Gasteiger charge is 2.25. The molecule has 2 aromatic rings. The van der Waals surface area contributed by atoms with E-state index in [1.54, 1.807) is 0 Å². The van der Waals surface area contributed by atoms with E-state index in [0.717, 1.165) is 31.2 Å². The van der Waals surface area contributed by atoms with Gasteiger partial charge in [-0.1, -0.05) is 6.07 Å². The minimum Gasteiger partial charge on any atom is -0.358 e. The molecular formula is C19H25N3O3S. The number of fused-ring (bicyclic) bond motifs is 3. The van der Waals surface area contributed by atoms with Gasteiger partial charge in [0.2, 0.25) is 10.0 Å². The number of aromatic amines is 1. The fraction of sp³-hybridized carbons (Fsp3) is 0.526. The van der Waals surface area contributed by atoms with Gasteiger partial charge in [0.15, 0.2) is 0 Å². The third-order valence-corrected chi connectivity index (χ3v) is 7.34. The molecule has 2 N–H and O–H groups in total. The van der Waals surface area contributed by atoms with Crippen LogP contribution in [0, 0.1) is 0 Å². The van der Waals surface area contributed by atoms with Crippen LogP contribution in [0.3, 0.4) is 0 Å². The summed E-state index contributed by atoms with van der Waals surface area (Å²) in [6, 6.07) is 5.71. The van der Waals surface area contributed by atoms with Crippen molar-refractivity contribution in [2.24, 2.45) is 0 Å². The van der Waals surface area contributed by atoms with Crippen molar-refractivity contribution in [3.63, 3.8) is 0 Å². The standard InChI is InChI=1S/C19H25N3O3S/c23-19(20-9-12-26(24,25)22-10-3-4-11-22)14-7-8-16-15-5-1-2-6-17(15)21-18(16)13-14/h7-8,13,21H,1-6,9-12H2,(H,20,23). The number of H-pyrrole nitrogens is 1. The van der Waals surface area contributed by atoms with Gasteiger partial charge in [0.1, 0.15) is 0 Å². The summed E-state index contributed by atoms with van der Waals surface area (Å²) in [5, 5.41) is 3.95. The molecule has 26 heavy (non-hydrogen) atoms. The minimum absolute atomic E-state index is 0.0439. The summed E-state index contributed by atoms with van der Waals surface area (Å²) >= 11 is 0. The third kappa shape index (κ3) is 3.38. The van der Waals surface area contributed by atoms with E-state index in [2.05, 4.69) is 10.3 Å². The summed E-state index contributed by atoms with van der Waals surface area (Å²) in [4.78, 5) is 15.9. The molecule has 2 aliphatic rings. The quantitative estimate of drug-likeness (QED) is 0.840. The molecule has 4 rings (SSSR count). The summed E-state index contributed by atoms with van der Waals surface area (Å²) in [5.41, 5.74) is 4.24. The van der Waals surface area contributed by atoms with Crippen LogP contribution in [0.4, 0.5) is 0 Å². The van der Waals surface area contributed by atoms with Gasteiger partial charge < -0.3 is 10.3 Å². The first-order chi connectivity index (χ1) is 12.5. The predicted molar refractivity (Wildman–Crippen MR) is 102 cm³/mol. The molecule has 2 heterocycles. The number of hydrogen-bond donors (Lipinski definition) is 2. The second-order valence-electron chi connectivity index (χ2n) is 7.23. The van der Waals surface area contributed by atoms with E-state index < -0.39 is 10.0 Å². The van der Waals surface area contributed by atoms with Gasteiger partial charge in [-0.05, 0) is 56.2 Å².